The number of ether oxygens (including phenoxy) is 1. The molecule has 21 heavy (non-hydrogen) atoms. The molecule has 0 aromatic heterocycles. The quantitative estimate of drug-likeness (QED) is 0.775. The Morgan fingerprint density at radius 1 is 1.33 bits per heavy atom. The minimum atomic E-state index is -4.62. The van der Waals surface area contributed by atoms with E-state index in [0.29, 0.717) is 12.8 Å². The van der Waals surface area contributed by atoms with E-state index in [-0.39, 0.29) is 6.42 Å². The summed E-state index contributed by atoms with van der Waals surface area (Å²) in [5.74, 6) is -1.20. The van der Waals surface area contributed by atoms with E-state index in [1.165, 1.54) is 6.92 Å². The third kappa shape index (κ3) is 2.54. The van der Waals surface area contributed by atoms with Crippen molar-refractivity contribution in [3.8, 4) is 0 Å². The molecule has 0 amide bonds. The molecule has 5 heteroatoms. The molecule has 0 spiro atoms. The summed E-state index contributed by atoms with van der Waals surface area (Å²) in [7, 11) is 0. The van der Waals surface area contributed by atoms with E-state index in [1.807, 2.05) is 18.2 Å². The fourth-order valence-electron chi connectivity index (χ4n) is 2.65. The van der Waals surface area contributed by atoms with Crippen molar-refractivity contribution in [3.05, 3.63) is 35.4 Å². The summed E-state index contributed by atoms with van der Waals surface area (Å²) in [5.41, 5.74) is -1.61. The molecule has 2 unspecified atom stereocenters. The first-order valence-corrected chi connectivity index (χ1v) is 7.02. The van der Waals surface area contributed by atoms with Gasteiger partial charge in [0.15, 0.2) is 5.41 Å². The normalized spacial score (nSPS) is 24.3. The lowest BCUT2D eigenvalue weighted by Gasteiger charge is -2.34. The fourth-order valence-corrected chi connectivity index (χ4v) is 2.65. The van der Waals surface area contributed by atoms with Gasteiger partial charge in [-0.25, -0.2) is 0 Å². The van der Waals surface area contributed by atoms with Crippen molar-refractivity contribution in [2.45, 2.75) is 51.8 Å². The summed E-state index contributed by atoms with van der Waals surface area (Å²) >= 11 is 0. The molecule has 0 bridgehead atoms. The maximum Gasteiger partial charge on any atom is 0.404 e. The fraction of sp³-hybridized carbons (Fsp3) is 0.562. The minimum absolute atomic E-state index is 0.340. The van der Waals surface area contributed by atoms with Crippen molar-refractivity contribution in [1.82, 2.24) is 0 Å². The molecule has 2 atom stereocenters. The van der Waals surface area contributed by atoms with Crippen LogP contribution >= 0.6 is 0 Å². The molecule has 1 aromatic rings. The molecule has 2 nitrogen and oxygen atoms in total. The Labute approximate surface area is 122 Å². The highest BCUT2D eigenvalue weighted by atomic mass is 19.4. The second-order valence-electron chi connectivity index (χ2n) is 5.96. The van der Waals surface area contributed by atoms with Gasteiger partial charge >= 0.3 is 12.1 Å². The first-order valence-electron chi connectivity index (χ1n) is 7.02. The van der Waals surface area contributed by atoms with Gasteiger partial charge < -0.3 is 4.74 Å². The minimum Gasteiger partial charge on any atom is -0.454 e. The lowest BCUT2D eigenvalue weighted by molar-refractivity contribution is -0.238. The number of aryl methyl sites for hydroxylation is 1. The molecule has 0 N–H and O–H groups in total. The Morgan fingerprint density at radius 2 is 1.95 bits per heavy atom. The number of alkyl halides is 3. The Balaban J connectivity index is 2.28. The molecule has 0 fully saturated rings. The molecule has 0 saturated heterocycles. The zero-order valence-electron chi connectivity index (χ0n) is 12.4. The van der Waals surface area contributed by atoms with E-state index in [1.54, 1.807) is 13.0 Å². The van der Waals surface area contributed by atoms with Gasteiger partial charge in [-0.2, -0.15) is 13.2 Å². The van der Waals surface area contributed by atoms with Crippen molar-refractivity contribution in [1.29, 1.82) is 0 Å². The van der Waals surface area contributed by atoms with Gasteiger partial charge in [-0.1, -0.05) is 31.2 Å². The van der Waals surface area contributed by atoms with Crippen LogP contribution < -0.4 is 0 Å². The SMILES string of the molecule is CCC(C)(C(=O)OC1(C)CCc2ccccc21)C(F)(F)F. The van der Waals surface area contributed by atoms with Gasteiger partial charge in [-0.05, 0) is 44.2 Å². The van der Waals surface area contributed by atoms with E-state index < -0.39 is 23.2 Å². The summed E-state index contributed by atoms with van der Waals surface area (Å²) < 4.78 is 44.8. The Kier molecular flexibility index (Phi) is 3.80. The van der Waals surface area contributed by atoms with Gasteiger partial charge in [0, 0.05) is 0 Å². The number of carbonyl (C=O) groups excluding carboxylic acids is 1. The first kappa shape index (κ1) is 15.9. The number of hydrogen-bond donors (Lipinski definition) is 0. The summed E-state index contributed by atoms with van der Waals surface area (Å²) in [5, 5.41) is 0. The zero-order chi connectivity index (χ0) is 15.9. The van der Waals surface area contributed by atoms with Gasteiger partial charge in [0.25, 0.3) is 0 Å². The maximum absolute atomic E-state index is 13.1. The average molecular weight is 300 g/mol. The van der Waals surface area contributed by atoms with Gasteiger partial charge in [-0.15, -0.1) is 0 Å². The summed E-state index contributed by atoms with van der Waals surface area (Å²) in [6, 6.07) is 7.40. The van der Waals surface area contributed by atoms with Crippen molar-refractivity contribution in [3.63, 3.8) is 0 Å². The predicted octanol–water partition coefficient (Wildman–Crippen LogP) is 4.37. The van der Waals surface area contributed by atoms with Crippen LogP contribution in [-0.2, 0) is 21.6 Å². The van der Waals surface area contributed by atoms with Crippen LogP contribution in [0.4, 0.5) is 13.2 Å². The van der Waals surface area contributed by atoms with E-state index in [0.717, 1.165) is 18.1 Å². The molecule has 116 valence electrons. The number of benzene rings is 1. The molecule has 2 rings (SSSR count). The summed E-state index contributed by atoms with van der Waals surface area (Å²) in [4.78, 5) is 12.2. The summed E-state index contributed by atoms with van der Waals surface area (Å²) in [6.07, 6.45) is -3.75. The highest BCUT2D eigenvalue weighted by molar-refractivity contribution is 5.78. The van der Waals surface area contributed by atoms with Crippen LogP contribution in [0.2, 0.25) is 0 Å². The third-order valence-electron chi connectivity index (χ3n) is 4.56. The molecule has 1 aliphatic carbocycles. The van der Waals surface area contributed by atoms with Crippen LogP contribution in [0.25, 0.3) is 0 Å². The van der Waals surface area contributed by atoms with Crippen molar-refractivity contribution in [2.75, 3.05) is 0 Å². The van der Waals surface area contributed by atoms with E-state index in [9.17, 15) is 18.0 Å². The largest absolute Gasteiger partial charge is 0.454 e. The van der Waals surface area contributed by atoms with Crippen LogP contribution in [-0.4, -0.2) is 12.1 Å². The second kappa shape index (κ2) is 5.04. The van der Waals surface area contributed by atoms with Crippen LogP contribution in [0.3, 0.4) is 0 Å². The lowest BCUT2D eigenvalue weighted by atomic mass is 9.86. The van der Waals surface area contributed by atoms with Crippen LogP contribution in [0, 0.1) is 5.41 Å². The van der Waals surface area contributed by atoms with Crippen molar-refractivity contribution >= 4 is 5.97 Å². The Bertz CT molecular complexity index is 553. The molecule has 0 heterocycles. The maximum atomic E-state index is 13.1. The Morgan fingerprint density at radius 3 is 2.52 bits per heavy atom. The molecule has 0 aliphatic heterocycles. The standard InChI is InChI=1S/C16H19F3O2/c1-4-14(2,16(17,18)19)13(20)21-15(3)10-9-11-7-5-6-8-12(11)15/h5-8H,4,9-10H2,1-3H3. The average Bonchev–Trinajstić information content (AvgIpc) is 2.74. The van der Waals surface area contributed by atoms with Gasteiger partial charge in [0.1, 0.15) is 5.60 Å². The number of fused-ring (bicyclic) bond motifs is 1. The molecular formula is C16H19F3O2. The van der Waals surface area contributed by atoms with Crippen LogP contribution in [0.1, 0.15) is 44.7 Å². The molecule has 1 aromatic carbocycles. The number of halogens is 3. The van der Waals surface area contributed by atoms with E-state index in [2.05, 4.69) is 0 Å². The van der Waals surface area contributed by atoms with Crippen LogP contribution in [0.15, 0.2) is 24.3 Å². The molecule has 1 aliphatic rings. The Hall–Kier alpha value is -1.52. The second-order valence-corrected chi connectivity index (χ2v) is 5.96. The van der Waals surface area contributed by atoms with Crippen molar-refractivity contribution < 1.29 is 22.7 Å². The zero-order valence-corrected chi connectivity index (χ0v) is 12.4. The number of rotatable bonds is 3. The number of esters is 1. The highest BCUT2D eigenvalue weighted by Gasteiger charge is 2.58. The van der Waals surface area contributed by atoms with E-state index in [4.69, 9.17) is 4.74 Å². The molecule has 0 radical (unpaired) electrons. The van der Waals surface area contributed by atoms with Gasteiger partial charge in [0.05, 0.1) is 0 Å². The highest BCUT2D eigenvalue weighted by Crippen LogP contribution is 2.46. The van der Waals surface area contributed by atoms with Gasteiger partial charge in [-0.3, -0.25) is 4.79 Å². The third-order valence-corrected chi connectivity index (χ3v) is 4.56. The van der Waals surface area contributed by atoms with Gasteiger partial charge in [0.2, 0.25) is 0 Å². The van der Waals surface area contributed by atoms with Crippen molar-refractivity contribution in [2.24, 2.45) is 5.41 Å². The van der Waals surface area contributed by atoms with E-state index >= 15 is 0 Å². The summed E-state index contributed by atoms with van der Waals surface area (Å²) in [6.45, 7) is 3.93. The predicted molar refractivity (Wildman–Crippen MR) is 72.7 cm³/mol. The smallest absolute Gasteiger partial charge is 0.404 e. The number of hydrogen-bond acceptors (Lipinski definition) is 2. The van der Waals surface area contributed by atoms with Crippen LogP contribution in [0.5, 0.6) is 0 Å². The number of carbonyl (C=O) groups is 1. The first-order chi connectivity index (χ1) is 9.64. The molecular weight excluding hydrogens is 281 g/mol. The monoisotopic (exact) mass is 300 g/mol. The lowest BCUT2D eigenvalue weighted by Crippen LogP contribution is -2.45. The topological polar surface area (TPSA) is 26.3 Å². The molecule has 0 saturated carbocycles.